The van der Waals surface area contributed by atoms with Gasteiger partial charge in [0.2, 0.25) is 0 Å². The minimum atomic E-state index is -4.90. The highest BCUT2D eigenvalue weighted by Gasteiger charge is 2.57. The largest absolute Gasteiger partial charge is 0.417 e. The third-order valence-electron chi connectivity index (χ3n) is 4.31. The maximum Gasteiger partial charge on any atom is 0.417 e. The first-order valence-electron chi connectivity index (χ1n) is 8.08. The highest BCUT2D eigenvalue weighted by Crippen LogP contribution is 2.40. The van der Waals surface area contributed by atoms with Crippen molar-refractivity contribution in [1.29, 1.82) is 0 Å². The zero-order chi connectivity index (χ0) is 19.8. The first-order chi connectivity index (χ1) is 12.7. The molecule has 0 spiro atoms. The number of aliphatic imine (C=N–C) groups is 1. The van der Waals surface area contributed by atoms with Crippen molar-refractivity contribution in [2.45, 2.75) is 48.7 Å². The molecule has 6 nitrogen and oxygen atoms in total. The molecule has 0 aromatic heterocycles. The normalized spacial score (nSPS) is 32.0. The van der Waals surface area contributed by atoms with E-state index >= 15 is 0 Å². The van der Waals surface area contributed by atoms with Crippen LogP contribution in [0.4, 0.5) is 17.6 Å². The van der Waals surface area contributed by atoms with Gasteiger partial charge >= 0.3 is 6.18 Å². The second kappa shape index (κ2) is 7.92. The van der Waals surface area contributed by atoms with Crippen LogP contribution < -0.4 is 5.32 Å². The zero-order valence-electron chi connectivity index (χ0n) is 14.1. The number of amidine groups is 1. The number of benzene rings is 1. The number of rotatable bonds is 4. The second-order valence-corrected chi connectivity index (χ2v) is 7.19. The van der Waals surface area contributed by atoms with E-state index in [1.54, 1.807) is 7.05 Å². The molecule has 150 valence electrons. The maximum absolute atomic E-state index is 13.7. The smallest absolute Gasteiger partial charge is 0.388 e. The van der Waals surface area contributed by atoms with Crippen LogP contribution in [0.3, 0.4) is 0 Å². The van der Waals surface area contributed by atoms with E-state index in [1.165, 1.54) is 18.2 Å². The lowest BCUT2D eigenvalue weighted by atomic mass is 9.94. The number of aliphatic hydroxyl groups excluding tert-OH is 2. The lowest BCUT2D eigenvalue weighted by molar-refractivity contribution is -0.287. The number of ether oxygens (including phenoxy) is 2. The molecule has 3 rings (SSSR count). The molecule has 0 aliphatic carbocycles. The van der Waals surface area contributed by atoms with Gasteiger partial charge in [-0.3, -0.25) is 4.99 Å². The number of halogens is 4. The molecule has 1 saturated heterocycles. The van der Waals surface area contributed by atoms with Crippen molar-refractivity contribution in [2.24, 2.45) is 4.99 Å². The summed E-state index contributed by atoms with van der Waals surface area (Å²) >= 11 is 1.01. The molecule has 0 unspecified atom stereocenters. The van der Waals surface area contributed by atoms with Crippen LogP contribution in [0.25, 0.3) is 0 Å². The number of nitrogens with zero attached hydrogens (tertiary/aromatic N) is 1. The summed E-state index contributed by atoms with van der Waals surface area (Å²) in [4.78, 5) is 4.08. The molecule has 0 saturated carbocycles. The molecule has 0 bridgehead atoms. The summed E-state index contributed by atoms with van der Waals surface area (Å²) in [7, 11) is 1.57. The number of nitrogens with one attached hydrogen (secondary N) is 1. The summed E-state index contributed by atoms with van der Waals surface area (Å²) in [6, 6.07) is 4.38. The molecule has 11 heteroatoms. The molecular formula is C16H18F4N2O4S. The van der Waals surface area contributed by atoms with Crippen molar-refractivity contribution in [3.8, 4) is 0 Å². The fraction of sp³-hybridized carbons (Fsp3) is 0.562. The zero-order valence-corrected chi connectivity index (χ0v) is 14.9. The van der Waals surface area contributed by atoms with E-state index in [4.69, 9.17) is 9.47 Å². The van der Waals surface area contributed by atoms with Crippen LogP contribution in [0.15, 0.2) is 29.3 Å². The number of hydrogen-bond donors (Lipinski definition) is 3. The van der Waals surface area contributed by atoms with Crippen LogP contribution in [0, 0.1) is 5.82 Å². The van der Waals surface area contributed by atoms with Crippen LogP contribution in [0.5, 0.6) is 0 Å². The first-order valence-corrected chi connectivity index (χ1v) is 8.96. The third kappa shape index (κ3) is 4.21. The van der Waals surface area contributed by atoms with E-state index in [-0.39, 0.29) is 5.56 Å². The fourth-order valence-electron chi connectivity index (χ4n) is 2.93. The molecule has 0 radical (unpaired) electrons. The molecule has 2 aliphatic rings. The number of alkyl halides is 3. The summed E-state index contributed by atoms with van der Waals surface area (Å²) in [6.07, 6.45) is -12.8. The fourth-order valence-corrected chi connectivity index (χ4v) is 3.99. The van der Waals surface area contributed by atoms with Gasteiger partial charge in [0.25, 0.3) is 0 Å². The van der Waals surface area contributed by atoms with E-state index in [2.05, 4.69) is 10.3 Å². The Hall–Kier alpha value is -1.40. The molecule has 0 amide bonds. The highest BCUT2D eigenvalue weighted by molar-refractivity contribution is 8.14. The van der Waals surface area contributed by atoms with Crippen LogP contribution in [0.2, 0.25) is 0 Å². The Bertz CT molecular complexity index is 705. The molecular weight excluding hydrogens is 392 g/mol. The Morgan fingerprint density at radius 1 is 1.30 bits per heavy atom. The second-order valence-electron chi connectivity index (χ2n) is 6.11. The minimum Gasteiger partial charge on any atom is -0.388 e. The van der Waals surface area contributed by atoms with Gasteiger partial charge in [0.05, 0.1) is 6.61 Å². The minimum absolute atomic E-state index is 0.0634. The first kappa shape index (κ1) is 20.3. The number of thioether (sulfide) groups is 1. The average molecular weight is 410 g/mol. The standard InChI is InChI=1S/C16H18F4N2O4S/c1-21-15-22-9-10(23)11(24)12(26-14(9)27-15)13(16(18,19)20)25-6-7-4-2-3-5-8(7)17/h2-5,9-14,23-24H,6H2,1H3,(H,21,22)/t9-,10-,11+,12+,13-,14-/m1/s1. The molecule has 6 atom stereocenters. The van der Waals surface area contributed by atoms with Gasteiger partial charge in [0, 0.05) is 12.6 Å². The van der Waals surface area contributed by atoms with Crippen molar-refractivity contribution in [1.82, 2.24) is 5.32 Å². The number of hydrogen-bond acceptors (Lipinski definition) is 7. The van der Waals surface area contributed by atoms with E-state index in [1.807, 2.05) is 0 Å². The summed E-state index contributed by atoms with van der Waals surface area (Å²) in [6.45, 7) is -0.668. The molecule has 2 heterocycles. The van der Waals surface area contributed by atoms with Gasteiger partial charge < -0.3 is 25.0 Å². The van der Waals surface area contributed by atoms with Gasteiger partial charge in [-0.05, 0) is 6.07 Å². The average Bonchev–Trinajstić information content (AvgIpc) is 3.03. The number of fused-ring (bicyclic) bond motifs is 1. The monoisotopic (exact) mass is 410 g/mol. The Morgan fingerprint density at radius 3 is 2.63 bits per heavy atom. The Kier molecular flexibility index (Phi) is 5.96. The maximum atomic E-state index is 13.7. The molecule has 3 N–H and O–H groups in total. The van der Waals surface area contributed by atoms with Gasteiger partial charge in [-0.2, -0.15) is 13.2 Å². The van der Waals surface area contributed by atoms with E-state index in [0.717, 1.165) is 17.8 Å². The Balaban J connectivity index is 1.78. The van der Waals surface area contributed by atoms with Crippen molar-refractivity contribution in [3.05, 3.63) is 35.6 Å². The molecule has 2 aliphatic heterocycles. The van der Waals surface area contributed by atoms with E-state index in [9.17, 15) is 27.8 Å². The van der Waals surface area contributed by atoms with Crippen molar-refractivity contribution in [2.75, 3.05) is 7.05 Å². The van der Waals surface area contributed by atoms with Crippen molar-refractivity contribution < 1.29 is 37.2 Å². The molecule has 1 aromatic rings. The summed E-state index contributed by atoms with van der Waals surface area (Å²) < 4.78 is 64.6. The van der Waals surface area contributed by atoms with E-state index < -0.39 is 54.5 Å². The van der Waals surface area contributed by atoms with Crippen molar-refractivity contribution in [3.63, 3.8) is 0 Å². The van der Waals surface area contributed by atoms with Crippen LogP contribution in [0.1, 0.15) is 5.56 Å². The van der Waals surface area contributed by atoms with E-state index in [0.29, 0.717) is 5.17 Å². The topological polar surface area (TPSA) is 83.3 Å². The van der Waals surface area contributed by atoms with Gasteiger partial charge in [0.1, 0.15) is 35.6 Å². The van der Waals surface area contributed by atoms with Crippen LogP contribution in [-0.4, -0.2) is 64.5 Å². The predicted octanol–water partition coefficient (Wildman–Crippen LogP) is 1.41. The van der Waals surface area contributed by atoms with Crippen LogP contribution >= 0.6 is 11.8 Å². The summed E-state index contributed by atoms with van der Waals surface area (Å²) in [5, 5.41) is 23.5. The molecule has 1 fully saturated rings. The summed E-state index contributed by atoms with van der Waals surface area (Å²) in [5.41, 5.74) is -0.968. The lowest BCUT2D eigenvalue weighted by Crippen LogP contribution is -2.61. The predicted molar refractivity (Wildman–Crippen MR) is 89.6 cm³/mol. The Morgan fingerprint density at radius 2 is 2.00 bits per heavy atom. The number of aliphatic hydroxyl groups is 2. The molecule has 27 heavy (non-hydrogen) atoms. The third-order valence-corrected chi connectivity index (χ3v) is 5.47. The Labute approximate surface area is 156 Å². The summed E-state index contributed by atoms with van der Waals surface area (Å²) in [5.74, 6) is -0.706. The van der Waals surface area contributed by atoms with Gasteiger partial charge in [0.15, 0.2) is 11.3 Å². The van der Waals surface area contributed by atoms with Gasteiger partial charge in [-0.1, -0.05) is 30.0 Å². The molecule has 1 aromatic carbocycles. The lowest BCUT2D eigenvalue weighted by Gasteiger charge is -2.41. The van der Waals surface area contributed by atoms with Gasteiger partial charge in [-0.15, -0.1) is 0 Å². The quantitative estimate of drug-likeness (QED) is 0.652. The van der Waals surface area contributed by atoms with Crippen LogP contribution in [-0.2, 0) is 16.1 Å². The van der Waals surface area contributed by atoms with Gasteiger partial charge in [-0.25, -0.2) is 4.39 Å². The highest BCUT2D eigenvalue weighted by atomic mass is 32.2. The van der Waals surface area contributed by atoms with Crippen molar-refractivity contribution >= 4 is 16.9 Å². The SMILES string of the molecule is CNC1=N[C@@H]2[C@@H](O)[C@H](O)[C@@H]([C@@H](OCc3ccccc3F)C(F)(F)F)O[C@@H]2S1.